The Hall–Kier alpha value is -0.940. The molecule has 0 aromatic carbocycles. The predicted molar refractivity (Wildman–Crippen MR) is 75.0 cm³/mol. The van der Waals surface area contributed by atoms with E-state index in [-0.39, 0.29) is 5.91 Å². The molecule has 2 aliphatic rings. The van der Waals surface area contributed by atoms with E-state index in [4.69, 9.17) is 0 Å². The average Bonchev–Trinajstić information content (AvgIpc) is 2.66. The number of carbonyl (C=O) groups excluding carboxylic acids is 1. The van der Waals surface area contributed by atoms with Crippen LogP contribution in [0.5, 0.6) is 0 Å². The Kier molecular flexibility index (Phi) is 3.79. The summed E-state index contributed by atoms with van der Waals surface area (Å²) >= 11 is 3.20. The topological polar surface area (TPSA) is 23.3 Å². The number of allylic oxidation sites excluding steroid dienone is 3. The van der Waals surface area contributed by atoms with E-state index in [9.17, 15) is 4.79 Å². The molecule has 0 saturated heterocycles. The summed E-state index contributed by atoms with van der Waals surface area (Å²) < 4.78 is 2.90. The fraction of sp³-hybridized carbons (Fsp3) is 0.333. The number of likely N-dealkylation sites (N-methyl/N-ethyl adjacent to an activating group) is 2. The molecular formula is C12H15N2OS2+. The van der Waals surface area contributed by atoms with Crippen LogP contribution in [0.1, 0.15) is 6.92 Å². The fourth-order valence-electron chi connectivity index (χ4n) is 1.74. The lowest BCUT2D eigenvalue weighted by atomic mass is 10.2. The molecule has 0 saturated carbocycles. The lowest BCUT2D eigenvalue weighted by Crippen LogP contribution is -2.21. The van der Waals surface area contributed by atoms with E-state index in [2.05, 4.69) is 0 Å². The van der Waals surface area contributed by atoms with Gasteiger partial charge in [-0.2, -0.15) is 0 Å². The SMILES string of the molecule is CC[N+]1=C(SC)SC(=C2C=CC=CN2C)C1=O. The molecule has 0 aromatic heterocycles. The molecule has 90 valence electrons. The largest absolute Gasteiger partial charge is 0.429 e. The fourth-order valence-corrected chi connectivity index (χ4v) is 3.76. The van der Waals surface area contributed by atoms with E-state index in [0.717, 1.165) is 21.5 Å². The van der Waals surface area contributed by atoms with Crippen molar-refractivity contribution in [2.45, 2.75) is 6.92 Å². The first-order valence-electron chi connectivity index (χ1n) is 5.41. The number of rotatable bonds is 1. The van der Waals surface area contributed by atoms with E-state index in [1.54, 1.807) is 23.5 Å². The van der Waals surface area contributed by atoms with Gasteiger partial charge in [-0.05, 0) is 25.3 Å². The molecule has 0 bridgehead atoms. The number of carbonyl (C=O) groups is 1. The minimum atomic E-state index is 0.114. The Morgan fingerprint density at radius 3 is 2.76 bits per heavy atom. The second-order valence-corrected chi connectivity index (χ2v) is 5.70. The maximum Gasteiger partial charge on any atom is 0.429 e. The molecule has 2 heterocycles. The van der Waals surface area contributed by atoms with E-state index in [1.165, 1.54) is 0 Å². The van der Waals surface area contributed by atoms with Gasteiger partial charge in [-0.25, -0.2) is 4.79 Å². The summed E-state index contributed by atoms with van der Waals surface area (Å²) in [6.45, 7) is 2.73. The zero-order valence-electron chi connectivity index (χ0n) is 10.1. The van der Waals surface area contributed by atoms with Gasteiger partial charge in [0.2, 0.25) is 0 Å². The molecule has 0 spiro atoms. The highest BCUT2D eigenvalue weighted by Crippen LogP contribution is 2.34. The lowest BCUT2D eigenvalue weighted by Gasteiger charge is -2.18. The maximum atomic E-state index is 12.3. The summed E-state index contributed by atoms with van der Waals surface area (Å²) in [4.78, 5) is 15.1. The molecule has 0 aliphatic carbocycles. The summed E-state index contributed by atoms with van der Waals surface area (Å²) in [7, 11) is 1.96. The van der Waals surface area contributed by atoms with Gasteiger partial charge in [0.15, 0.2) is 11.4 Å². The Bertz CT molecular complexity index is 475. The molecule has 3 nitrogen and oxygen atoms in total. The third-order valence-electron chi connectivity index (χ3n) is 2.63. The molecule has 17 heavy (non-hydrogen) atoms. The minimum absolute atomic E-state index is 0.114. The van der Waals surface area contributed by atoms with E-state index >= 15 is 0 Å². The number of amides is 1. The molecule has 2 aliphatic heterocycles. The quantitative estimate of drug-likeness (QED) is 0.537. The standard InChI is InChI=1S/C12H15N2OS2/c1-4-14-11(15)10(17-12(14)16-3)9-7-5-6-8-13(9)2/h5-8H,4H2,1-3H3/q+1. The van der Waals surface area contributed by atoms with Crippen LogP contribution < -0.4 is 0 Å². The molecule has 0 N–H and O–H groups in total. The van der Waals surface area contributed by atoms with E-state index in [1.807, 2.05) is 54.1 Å². The van der Waals surface area contributed by atoms with Gasteiger partial charge in [-0.1, -0.05) is 17.8 Å². The van der Waals surface area contributed by atoms with Crippen molar-refractivity contribution in [1.29, 1.82) is 0 Å². The van der Waals surface area contributed by atoms with Crippen molar-refractivity contribution < 1.29 is 9.37 Å². The minimum Gasteiger partial charge on any atom is -0.350 e. The highest BCUT2D eigenvalue weighted by molar-refractivity contribution is 8.40. The van der Waals surface area contributed by atoms with Crippen molar-refractivity contribution >= 4 is 33.8 Å². The van der Waals surface area contributed by atoms with Crippen LogP contribution in [0.15, 0.2) is 35.0 Å². The third-order valence-corrected chi connectivity index (χ3v) is 4.93. The third kappa shape index (κ3) is 2.21. The van der Waals surface area contributed by atoms with Gasteiger partial charge in [-0.3, -0.25) is 0 Å². The van der Waals surface area contributed by atoms with E-state index in [0.29, 0.717) is 0 Å². The molecule has 0 unspecified atom stereocenters. The van der Waals surface area contributed by atoms with Crippen LogP contribution in [0.2, 0.25) is 0 Å². The Morgan fingerprint density at radius 1 is 1.47 bits per heavy atom. The summed E-state index contributed by atoms with van der Waals surface area (Å²) in [5, 5.41) is 0. The summed E-state index contributed by atoms with van der Waals surface area (Å²) in [6, 6.07) is 0. The van der Waals surface area contributed by atoms with E-state index < -0.39 is 0 Å². The molecular weight excluding hydrogens is 252 g/mol. The van der Waals surface area contributed by atoms with Gasteiger partial charge in [0.05, 0.1) is 5.70 Å². The first-order chi connectivity index (χ1) is 8.19. The number of nitrogens with zero attached hydrogens (tertiary/aromatic N) is 2. The summed E-state index contributed by atoms with van der Waals surface area (Å²) in [6.07, 6.45) is 9.88. The van der Waals surface area contributed by atoms with Crippen molar-refractivity contribution in [2.75, 3.05) is 19.8 Å². The van der Waals surface area contributed by atoms with Crippen molar-refractivity contribution in [1.82, 2.24) is 4.90 Å². The van der Waals surface area contributed by atoms with Crippen LogP contribution in [0.4, 0.5) is 0 Å². The van der Waals surface area contributed by atoms with Crippen LogP contribution >= 0.6 is 23.5 Å². The van der Waals surface area contributed by atoms with Crippen LogP contribution in [-0.2, 0) is 4.79 Å². The van der Waals surface area contributed by atoms with Gasteiger partial charge in [0.1, 0.15) is 0 Å². The van der Waals surface area contributed by atoms with Crippen LogP contribution in [-0.4, -0.2) is 39.6 Å². The monoisotopic (exact) mass is 267 g/mol. The molecule has 2 rings (SSSR count). The molecule has 0 fully saturated rings. The zero-order valence-corrected chi connectivity index (χ0v) is 11.8. The predicted octanol–water partition coefficient (Wildman–Crippen LogP) is 2.24. The van der Waals surface area contributed by atoms with Crippen molar-refractivity contribution in [3.05, 3.63) is 35.0 Å². The smallest absolute Gasteiger partial charge is 0.350 e. The van der Waals surface area contributed by atoms with Gasteiger partial charge >= 0.3 is 5.91 Å². The van der Waals surface area contributed by atoms with Crippen molar-refractivity contribution in [3.63, 3.8) is 0 Å². The van der Waals surface area contributed by atoms with Crippen LogP contribution in [0.25, 0.3) is 0 Å². The summed E-state index contributed by atoms with van der Waals surface area (Å²) in [5.41, 5.74) is 0.977. The van der Waals surface area contributed by atoms with Crippen LogP contribution in [0.3, 0.4) is 0 Å². The Balaban J connectivity index is 2.40. The van der Waals surface area contributed by atoms with Gasteiger partial charge in [0, 0.05) is 25.0 Å². The van der Waals surface area contributed by atoms with Crippen molar-refractivity contribution in [2.24, 2.45) is 0 Å². The highest BCUT2D eigenvalue weighted by atomic mass is 32.2. The Morgan fingerprint density at radius 2 is 2.24 bits per heavy atom. The van der Waals surface area contributed by atoms with Gasteiger partial charge < -0.3 is 4.90 Å². The lowest BCUT2D eigenvalue weighted by molar-refractivity contribution is -0.433. The van der Waals surface area contributed by atoms with Crippen molar-refractivity contribution in [3.8, 4) is 0 Å². The molecule has 0 radical (unpaired) electrons. The molecule has 1 amide bonds. The summed E-state index contributed by atoms with van der Waals surface area (Å²) in [5.74, 6) is 0.114. The second kappa shape index (κ2) is 5.14. The van der Waals surface area contributed by atoms with Gasteiger partial charge in [0.25, 0.3) is 4.38 Å². The first kappa shape index (κ1) is 12.5. The second-order valence-electron chi connectivity index (χ2n) is 3.65. The maximum absolute atomic E-state index is 12.3. The zero-order chi connectivity index (χ0) is 12.4. The normalized spacial score (nSPS) is 24.2. The highest BCUT2D eigenvalue weighted by Gasteiger charge is 2.39. The number of hydrogen-bond acceptors (Lipinski definition) is 4. The first-order valence-corrected chi connectivity index (χ1v) is 7.45. The van der Waals surface area contributed by atoms with Crippen LogP contribution in [0, 0.1) is 0 Å². The van der Waals surface area contributed by atoms with Gasteiger partial charge in [-0.15, -0.1) is 4.58 Å². The molecule has 5 heteroatoms. The molecule has 0 aromatic rings. The number of thioether (sulfide) groups is 2. The number of hydrogen-bond donors (Lipinski definition) is 0. The molecule has 0 atom stereocenters. The Labute approximate surface area is 110 Å². The average molecular weight is 267 g/mol.